The number of aliphatic hydroxyl groups excluding tert-OH is 1. The lowest BCUT2D eigenvalue weighted by Gasteiger charge is -2.39. The maximum absolute atomic E-state index is 12.7. The molecule has 0 aliphatic heterocycles. The van der Waals surface area contributed by atoms with Crippen molar-refractivity contribution in [3.63, 3.8) is 0 Å². The third-order valence-corrected chi connectivity index (χ3v) is 6.63. The van der Waals surface area contributed by atoms with E-state index in [1.54, 1.807) is 14.2 Å². The first-order chi connectivity index (χ1) is 15.4. The van der Waals surface area contributed by atoms with Crippen LogP contribution in [0.15, 0.2) is 72.0 Å². The molecule has 0 radical (unpaired) electrons. The standard InChI is InChI=1S/C27H28O5/c1-27(23-13-14-24(31-3)21-8-6-5-7-20(21)23)16-18(15-22(25(27)28)26(29)32-4)17-9-11-19(30-2)12-10-17/h5-14,18,28H,15-16H2,1-4H3/t18-,27-/m1/s1. The quantitative estimate of drug-likeness (QED) is 0.526. The van der Waals surface area contributed by atoms with Gasteiger partial charge in [0.25, 0.3) is 0 Å². The molecule has 0 aromatic heterocycles. The predicted octanol–water partition coefficient (Wildman–Crippen LogP) is 5.68. The van der Waals surface area contributed by atoms with Crippen LogP contribution in [0.5, 0.6) is 11.5 Å². The Kier molecular flexibility index (Phi) is 5.83. The fourth-order valence-electron chi connectivity index (χ4n) is 4.92. The van der Waals surface area contributed by atoms with Crippen molar-refractivity contribution >= 4 is 16.7 Å². The minimum absolute atomic E-state index is 0.0248. The molecule has 0 bridgehead atoms. The molecule has 3 aromatic carbocycles. The molecule has 0 fully saturated rings. The number of ether oxygens (including phenoxy) is 3. The van der Waals surface area contributed by atoms with Crippen LogP contribution >= 0.6 is 0 Å². The highest BCUT2D eigenvalue weighted by molar-refractivity contribution is 5.94. The lowest BCUT2D eigenvalue weighted by molar-refractivity contribution is -0.136. The van der Waals surface area contributed by atoms with Crippen molar-refractivity contribution in [3.8, 4) is 11.5 Å². The third kappa shape index (κ3) is 3.58. The molecule has 0 heterocycles. The van der Waals surface area contributed by atoms with E-state index in [0.29, 0.717) is 18.4 Å². The number of carbonyl (C=O) groups excluding carboxylic acids is 1. The molecule has 3 aromatic rings. The highest BCUT2D eigenvalue weighted by Crippen LogP contribution is 2.50. The van der Waals surface area contributed by atoms with E-state index in [4.69, 9.17) is 14.2 Å². The molecule has 0 spiro atoms. The minimum Gasteiger partial charge on any atom is -0.511 e. The van der Waals surface area contributed by atoms with Crippen molar-refractivity contribution in [3.05, 3.63) is 83.1 Å². The molecule has 166 valence electrons. The number of esters is 1. The van der Waals surface area contributed by atoms with Gasteiger partial charge in [0.05, 0.1) is 32.3 Å². The van der Waals surface area contributed by atoms with Gasteiger partial charge in [-0.25, -0.2) is 4.79 Å². The second-order valence-corrected chi connectivity index (χ2v) is 8.39. The van der Waals surface area contributed by atoms with E-state index in [0.717, 1.165) is 33.4 Å². The lowest BCUT2D eigenvalue weighted by Crippen LogP contribution is -2.35. The van der Waals surface area contributed by atoms with Crippen molar-refractivity contribution < 1.29 is 24.1 Å². The summed E-state index contributed by atoms with van der Waals surface area (Å²) in [6.07, 6.45) is 1.05. The molecule has 5 heteroatoms. The van der Waals surface area contributed by atoms with E-state index in [2.05, 4.69) is 0 Å². The number of rotatable bonds is 5. The van der Waals surface area contributed by atoms with Crippen molar-refractivity contribution in [1.82, 2.24) is 0 Å². The van der Waals surface area contributed by atoms with E-state index >= 15 is 0 Å². The number of methoxy groups -OCH3 is 3. The molecule has 2 atom stereocenters. The number of fused-ring (bicyclic) bond motifs is 1. The monoisotopic (exact) mass is 432 g/mol. The molecule has 32 heavy (non-hydrogen) atoms. The van der Waals surface area contributed by atoms with Crippen molar-refractivity contribution in [1.29, 1.82) is 0 Å². The van der Waals surface area contributed by atoms with E-state index in [1.807, 2.05) is 67.6 Å². The first kappa shape index (κ1) is 21.8. The Bertz CT molecular complexity index is 1180. The number of allylic oxidation sites excluding steroid dienone is 1. The summed E-state index contributed by atoms with van der Waals surface area (Å²) in [4.78, 5) is 12.7. The molecule has 1 aliphatic rings. The minimum atomic E-state index is -0.780. The van der Waals surface area contributed by atoms with Crippen LogP contribution in [0.3, 0.4) is 0 Å². The molecule has 0 saturated heterocycles. The van der Waals surface area contributed by atoms with Gasteiger partial charge in [-0.1, -0.05) is 42.5 Å². The summed E-state index contributed by atoms with van der Waals surface area (Å²) >= 11 is 0. The summed E-state index contributed by atoms with van der Waals surface area (Å²) < 4.78 is 15.9. The Balaban J connectivity index is 1.90. The normalized spacial score (nSPS) is 20.8. The van der Waals surface area contributed by atoms with Gasteiger partial charge in [0.15, 0.2) is 0 Å². The van der Waals surface area contributed by atoms with Gasteiger partial charge in [-0.2, -0.15) is 0 Å². The summed E-state index contributed by atoms with van der Waals surface area (Å²) in [7, 11) is 4.63. The second-order valence-electron chi connectivity index (χ2n) is 8.39. The van der Waals surface area contributed by atoms with Crippen LogP contribution in [-0.4, -0.2) is 32.4 Å². The van der Waals surface area contributed by atoms with Gasteiger partial charge >= 0.3 is 5.97 Å². The van der Waals surface area contributed by atoms with Gasteiger partial charge in [0.2, 0.25) is 0 Å². The highest BCUT2D eigenvalue weighted by atomic mass is 16.5. The van der Waals surface area contributed by atoms with Crippen molar-refractivity contribution in [2.45, 2.75) is 31.1 Å². The molecule has 4 rings (SSSR count). The smallest absolute Gasteiger partial charge is 0.337 e. The molecule has 0 unspecified atom stereocenters. The Morgan fingerprint density at radius 1 is 0.938 bits per heavy atom. The molecule has 5 nitrogen and oxygen atoms in total. The number of carbonyl (C=O) groups is 1. The summed E-state index contributed by atoms with van der Waals surface area (Å²) in [5, 5.41) is 13.4. The Morgan fingerprint density at radius 3 is 2.25 bits per heavy atom. The van der Waals surface area contributed by atoms with Gasteiger partial charge in [-0.15, -0.1) is 0 Å². The maximum Gasteiger partial charge on any atom is 0.337 e. The fraction of sp³-hybridized carbons (Fsp3) is 0.296. The van der Waals surface area contributed by atoms with Crippen molar-refractivity contribution in [2.24, 2.45) is 0 Å². The van der Waals surface area contributed by atoms with Crippen LogP contribution in [0.4, 0.5) is 0 Å². The average molecular weight is 433 g/mol. The van der Waals surface area contributed by atoms with Crippen LogP contribution in [0.1, 0.15) is 36.8 Å². The maximum atomic E-state index is 12.7. The highest BCUT2D eigenvalue weighted by Gasteiger charge is 2.43. The largest absolute Gasteiger partial charge is 0.511 e. The topological polar surface area (TPSA) is 65.0 Å². The van der Waals surface area contributed by atoms with E-state index in [1.165, 1.54) is 7.11 Å². The number of aliphatic hydroxyl groups is 1. The first-order valence-electron chi connectivity index (χ1n) is 10.6. The van der Waals surface area contributed by atoms with E-state index < -0.39 is 11.4 Å². The first-order valence-corrected chi connectivity index (χ1v) is 10.6. The summed E-state index contributed by atoms with van der Waals surface area (Å²) in [5.41, 5.74) is 1.58. The fourth-order valence-corrected chi connectivity index (χ4v) is 4.92. The Labute approximate surface area is 188 Å². The molecule has 1 aliphatic carbocycles. The molecular formula is C27H28O5. The summed E-state index contributed by atoms with van der Waals surface area (Å²) in [5.74, 6) is 1.15. The van der Waals surface area contributed by atoms with Crippen molar-refractivity contribution in [2.75, 3.05) is 21.3 Å². The van der Waals surface area contributed by atoms with E-state index in [-0.39, 0.29) is 11.7 Å². The second kappa shape index (κ2) is 8.58. The van der Waals surface area contributed by atoms with Gasteiger partial charge in [-0.3, -0.25) is 0 Å². The molecular weight excluding hydrogens is 404 g/mol. The summed E-state index contributed by atoms with van der Waals surface area (Å²) in [6.45, 7) is 2.00. The average Bonchev–Trinajstić information content (AvgIpc) is 2.84. The van der Waals surface area contributed by atoms with Gasteiger partial charge < -0.3 is 19.3 Å². The van der Waals surface area contributed by atoms with Gasteiger partial charge in [-0.05, 0) is 60.4 Å². The molecule has 1 N–H and O–H groups in total. The van der Waals surface area contributed by atoms with Crippen LogP contribution < -0.4 is 9.47 Å². The zero-order chi connectivity index (χ0) is 22.9. The zero-order valence-corrected chi connectivity index (χ0v) is 18.8. The Hall–Kier alpha value is -3.47. The zero-order valence-electron chi connectivity index (χ0n) is 18.8. The summed E-state index contributed by atoms with van der Waals surface area (Å²) in [6, 6.07) is 19.8. The van der Waals surface area contributed by atoms with Crippen LogP contribution in [0.2, 0.25) is 0 Å². The third-order valence-electron chi connectivity index (χ3n) is 6.63. The number of benzene rings is 3. The molecule has 0 amide bonds. The van der Waals surface area contributed by atoms with Crippen LogP contribution in [-0.2, 0) is 14.9 Å². The van der Waals surface area contributed by atoms with E-state index in [9.17, 15) is 9.90 Å². The predicted molar refractivity (Wildman–Crippen MR) is 124 cm³/mol. The van der Waals surface area contributed by atoms with Crippen LogP contribution in [0, 0.1) is 0 Å². The van der Waals surface area contributed by atoms with Crippen LogP contribution in [0.25, 0.3) is 10.8 Å². The van der Waals surface area contributed by atoms with Gasteiger partial charge in [0, 0.05) is 5.39 Å². The SMILES string of the molecule is COC(=O)C1=C(O)[C@@](C)(c2ccc(OC)c3ccccc23)C[C@H](c2ccc(OC)cc2)C1. The number of hydrogen-bond acceptors (Lipinski definition) is 5. The molecule has 0 saturated carbocycles. The van der Waals surface area contributed by atoms with Gasteiger partial charge in [0.1, 0.15) is 17.3 Å². The lowest BCUT2D eigenvalue weighted by atomic mass is 9.65. The number of hydrogen-bond donors (Lipinski definition) is 1. The Morgan fingerprint density at radius 2 is 1.62 bits per heavy atom.